The van der Waals surface area contributed by atoms with Crippen molar-refractivity contribution in [2.75, 3.05) is 13.2 Å². The maximum atomic E-state index is 6.09. The van der Waals surface area contributed by atoms with Gasteiger partial charge in [0.1, 0.15) is 24.7 Å². The van der Waals surface area contributed by atoms with E-state index in [1.54, 1.807) is 0 Å². The van der Waals surface area contributed by atoms with Gasteiger partial charge in [-0.25, -0.2) is 0 Å². The normalized spacial score (nSPS) is 12.0. The van der Waals surface area contributed by atoms with Crippen molar-refractivity contribution in [2.24, 2.45) is 5.73 Å². The topological polar surface area (TPSA) is 44.5 Å². The van der Waals surface area contributed by atoms with Gasteiger partial charge in [-0.2, -0.15) is 0 Å². The van der Waals surface area contributed by atoms with Crippen molar-refractivity contribution in [2.45, 2.75) is 19.4 Å². The number of benzene rings is 2. The van der Waals surface area contributed by atoms with Crippen molar-refractivity contribution in [3.8, 4) is 11.5 Å². The second kappa shape index (κ2) is 8.05. The van der Waals surface area contributed by atoms with Crippen LogP contribution in [0.5, 0.6) is 11.5 Å². The molecule has 0 aliphatic rings. The Balaban J connectivity index is 1.86. The van der Waals surface area contributed by atoms with Crippen LogP contribution in [0.3, 0.4) is 0 Å². The second-order valence-electron chi connectivity index (χ2n) is 4.71. The summed E-state index contributed by atoms with van der Waals surface area (Å²) in [4.78, 5) is 0. The minimum atomic E-state index is 0.00666. The fraction of sp³-hybridized carbons (Fsp3) is 0.294. The third kappa shape index (κ3) is 4.76. The molecule has 2 aromatic rings. The van der Waals surface area contributed by atoms with E-state index in [1.165, 1.54) is 0 Å². The number of ether oxygens (including phenoxy) is 2. The molecule has 1 atom stereocenters. The van der Waals surface area contributed by atoms with Gasteiger partial charge in [0.05, 0.1) is 0 Å². The van der Waals surface area contributed by atoms with Crippen LogP contribution in [-0.2, 0) is 0 Å². The summed E-state index contributed by atoms with van der Waals surface area (Å²) in [7, 11) is 0. The molecule has 2 aromatic carbocycles. The first-order valence-corrected chi connectivity index (χ1v) is 7.85. The number of nitrogens with two attached hydrogens (primary N) is 1. The molecule has 0 amide bonds. The smallest absolute Gasteiger partial charge is 0.124 e. The molecule has 0 aliphatic carbocycles. The highest BCUT2D eigenvalue weighted by molar-refractivity contribution is 9.10. The molecule has 0 radical (unpaired) electrons. The molecule has 0 heterocycles. The van der Waals surface area contributed by atoms with Crippen LogP contribution in [0.25, 0.3) is 0 Å². The number of hydrogen-bond acceptors (Lipinski definition) is 3. The van der Waals surface area contributed by atoms with E-state index in [1.807, 2.05) is 48.5 Å². The van der Waals surface area contributed by atoms with Gasteiger partial charge in [-0.1, -0.05) is 47.1 Å². The number of halogens is 1. The van der Waals surface area contributed by atoms with Gasteiger partial charge in [0.2, 0.25) is 0 Å². The van der Waals surface area contributed by atoms with E-state index in [0.717, 1.165) is 28.0 Å². The summed E-state index contributed by atoms with van der Waals surface area (Å²) >= 11 is 3.42. The summed E-state index contributed by atoms with van der Waals surface area (Å²) < 4.78 is 12.4. The fourth-order valence-electron chi connectivity index (χ4n) is 2.01. The predicted octanol–water partition coefficient (Wildman–Crippen LogP) is 4.32. The molecule has 0 spiro atoms. The zero-order chi connectivity index (χ0) is 15.1. The Bertz CT molecular complexity index is 574. The van der Waals surface area contributed by atoms with Crippen molar-refractivity contribution in [1.82, 2.24) is 0 Å². The first-order valence-electron chi connectivity index (χ1n) is 7.06. The van der Waals surface area contributed by atoms with Crippen LogP contribution in [0.4, 0.5) is 0 Å². The van der Waals surface area contributed by atoms with Gasteiger partial charge in [-0.05, 0) is 30.7 Å². The van der Waals surface area contributed by atoms with E-state index in [0.29, 0.717) is 13.2 Å². The molecule has 0 aliphatic heterocycles. The third-order valence-corrected chi connectivity index (χ3v) is 3.66. The average molecular weight is 350 g/mol. The maximum absolute atomic E-state index is 6.09. The van der Waals surface area contributed by atoms with Gasteiger partial charge in [-0.15, -0.1) is 0 Å². The van der Waals surface area contributed by atoms with Gasteiger partial charge in [0.15, 0.2) is 0 Å². The van der Waals surface area contributed by atoms with Gasteiger partial charge >= 0.3 is 0 Å². The number of para-hydroxylation sites is 1. The van der Waals surface area contributed by atoms with Crippen LogP contribution in [0.1, 0.15) is 24.9 Å². The van der Waals surface area contributed by atoms with Crippen LogP contribution in [0.2, 0.25) is 0 Å². The zero-order valence-corrected chi connectivity index (χ0v) is 13.7. The van der Waals surface area contributed by atoms with E-state index in [2.05, 4.69) is 22.9 Å². The second-order valence-corrected chi connectivity index (χ2v) is 5.62. The molecule has 3 nitrogen and oxygen atoms in total. The Hall–Kier alpha value is -1.52. The largest absolute Gasteiger partial charge is 0.490 e. The molecule has 2 rings (SSSR count). The Morgan fingerprint density at radius 3 is 2.57 bits per heavy atom. The Morgan fingerprint density at radius 1 is 1.05 bits per heavy atom. The predicted molar refractivity (Wildman–Crippen MR) is 88.8 cm³/mol. The van der Waals surface area contributed by atoms with Crippen molar-refractivity contribution >= 4 is 15.9 Å². The zero-order valence-electron chi connectivity index (χ0n) is 12.1. The lowest BCUT2D eigenvalue weighted by Crippen LogP contribution is -2.13. The van der Waals surface area contributed by atoms with E-state index < -0.39 is 0 Å². The van der Waals surface area contributed by atoms with Crippen molar-refractivity contribution in [3.05, 3.63) is 58.6 Å². The van der Waals surface area contributed by atoms with Crippen LogP contribution in [0.15, 0.2) is 53.0 Å². The van der Waals surface area contributed by atoms with Crippen molar-refractivity contribution in [3.63, 3.8) is 0 Å². The van der Waals surface area contributed by atoms with Gasteiger partial charge in [0, 0.05) is 16.1 Å². The summed E-state index contributed by atoms with van der Waals surface area (Å²) in [6.07, 6.45) is 0.884. The lowest BCUT2D eigenvalue weighted by atomic mass is 10.0. The van der Waals surface area contributed by atoms with Crippen LogP contribution < -0.4 is 15.2 Å². The molecule has 0 bridgehead atoms. The standard InChI is InChI=1S/C17H20BrNO2/c1-2-16(19)15-8-3-4-9-17(15)21-11-10-20-14-7-5-6-13(18)12-14/h3-9,12,16H,2,10-11,19H2,1H3/t16-/m0/s1. The highest BCUT2D eigenvalue weighted by Gasteiger charge is 2.09. The minimum absolute atomic E-state index is 0.00666. The molecular formula is C17H20BrNO2. The molecule has 0 fully saturated rings. The van der Waals surface area contributed by atoms with Crippen LogP contribution >= 0.6 is 15.9 Å². The third-order valence-electron chi connectivity index (χ3n) is 3.16. The first-order chi connectivity index (χ1) is 10.2. The molecule has 4 heteroatoms. The van der Waals surface area contributed by atoms with Crippen LogP contribution in [-0.4, -0.2) is 13.2 Å². The number of rotatable bonds is 7. The lowest BCUT2D eigenvalue weighted by Gasteiger charge is -2.15. The fourth-order valence-corrected chi connectivity index (χ4v) is 2.38. The summed E-state index contributed by atoms with van der Waals surface area (Å²) in [5.41, 5.74) is 7.13. The highest BCUT2D eigenvalue weighted by atomic mass is 79.9. The monoisotopic (exact) mass is 349 g/mol. The molecule has 112 valence electrons. The SMILES string of the molecule is CC[C@H](N)c1ccccc1OCCOc1cccc(Br)c1. The van der Waals surface area contributed by atoms with Gasteiger partial charge in [-0.3, -0.25) is 0 Å². The minimum Gasteiger partial charge on any atom is -0.490 e. The summed E-state index contributed by atoms with van der Waals surface area (Å²) in [6, 6.07) is 15.7. The van der Waals surface area contributed by atoms with E-state index >= 15 is 0 Å². The van der Waals surface area contributed by atoms with E-state index in [-0.39, 0.29) is 6.04 Å². The Kier molecular flexibility index (Phi) is 6.08. The summed E-state index contributed by atoms with van der Waals surface area (Å²) in [5, 5.41) is 0. The Morgan fingerprint density at radius 2 is 1.81 bits per heavy atom. The molecule has 21 heavy (non-hydrogen) atoms. The molecule has 0 unspecified atom stereocenters. The highest BCUT2D eigenvalue weighted by Crippen LogP contribution is 2.25. The van der Waals surface area contributed by atoms with Crippen LogP contribution in [0, 0.1) is 0 Å². The lowest BCUT2D eigenvalue weighted by molar-refractivity contribution is 0.215. The molecular weight excluding hydrogens is 330 g/mol. The van der Waals surface area contributed by atoms with E-state index in [4.69, 9.17) is 15.2 Å². The molecule has 0 aromatic heterocycles. The van der Waals surface area contributed by atoms with Gasteiger partial charge < -0.3 is 15.2 Å². The average Bonchev–Trinajstić information content (AvgIpc) is 2.51. The number of hydrogen-bond donors (Lipinski definition) is 1. The van der Waals surface area contributed by atoms with Crippen molar-refractivity contribution < 1.29 is 9.47 Å². The van der Waals surface area contributed by atoms with E-state index in [9.17, 15) is 0 Å². The molecule has 0 saturated heterocycles. The Labute approximate surface area is 134 Å². The summed E-state index contributed by atoms with van der Waals surface area (Å²) in [5.74, 6) is 1.66. The molecule has 2 N–H and O–H groups in total. The first kappa shape index (κ1) is 15.9. The summed E-state index contributed by atoms with van der Waals surface area (Å²) in [6.45, 7) is 3.05. The van der Waals surface area contributed by atoms with Gasteiger partial charge in [0.25, 0.3) is 0 Å². The quantitative estimate of drug-likeness (QED) is 0.757. The maximum Gasteiger partial charge on any atom is 0.124 e. The molecule has 0 saturated carbocycles. The van der Waals surface area contributed by atoms with Crippen molar-refractivity contribution in [1.29, 1.82) is 0 Å².